The Labute approximate surface area is 139 Å². The Morgan fingerprint density at radius 1 is 1.57 bits per heavy atom. The first-order valence-electron chi connectivity index (χ1n) is 7.66. The molecule has 1 aliphatic heterocycles. The molecule has 23 heavy (non-hydrogen) atoms. The van der Waals surface area contributed by atoms with Gasteiger partial charge < -0.3 is 14.7 Å². The normalized spacial score (nSPS) is 18.7. The molecular formula is C16H21N3O3S. The van der Waals surface area contributed by atoms with Crippen LogP contribution in [0.4, 0.5) is 5.13 Å². The molecule has 3 rings (SSSR count). The number of benzene rings is 1. The summed E-state index contributed by atoms with van der Waals surface area (Å²) >= 11 is 1.71. The van der Waals surface area contributed by atoms with E-state index >= 15 is 0 Å². The molecule has 1 atom stereocenters. The molecule has 1 N–H and O–H groups in total. The zero-order chi connectivity index (χ0) is 16.4. The maximum atomic E-state index is 10.8. The van der Waals surface area contributed by atoms with Gasteiger partial charge in [0.2, 0.25) is 0 Å². The van der Waals surface area contributed by atoms with E-state index in [1.54, 1.807) is 23.3 Å². The second-order valence-corrected chi connectivity index (χ2v) is 6.93. The lowest BCUT2D eigenvalue weighted by atomic mass is 10.2. The molecule has 0 saturated carbocycles. The van der Waals surface area contributed by atoms with E-state index in [1.165, 1.54) is 10.3 Å². The van der Waals surface area contributed by atoms with E-state index in [4.69, 9.17) is 14.8 Å². The number of nitrogens with zero attached hydrogens (tertiary/aromatic N) is 3. The molecule has 0 aliphatic carbocycles. The van der Waals surface area contributed by atoms with Crippen molar-refractivity contribution in [2.24, 2.45) is 0 Å². The highest BCUT2D eigenvalue weighted by atomic mass is 32.1. The van der Waals surface area contributed by atoms with E-state index < -0.39 is 5.97 Å². The SMILES string of the molecule is Cc1cccc2nc(N3CCOC(CN(C)CC(=O)O)C3)sc12. The van der Waals surface area contributed by atoms with E-state index in [2.05, 4.69) is 17.9 Å². The first-order valence-corrected chi connectivity index (χ1v) is 8.47. The van der Waals surface area contributed by atoms with Crippen LogP contribution in [-0.2, 0) is 9.53 Å². The Bertz CT molecular complexity index is 703. The third-order valence-corrected chi connectivity index (χ3v) is 5.20. The first kappa shape index (κ1) is 16.2. The smallest absolute Gasteiger partial charge is 0.317 e. The number of rotatable bonds is 5. The number of morpholine rings is 1. The summed E-state index contributed by atoms with van der Waals surface area (Å²) in [6.07, 6.45) is 0.00112. The maximum Gasteiger partial charge on any atom is 0.317 e. The number of ether oxygens (including phenoxy) is 1. The third-order valence-electron chi connectivity index (χ3n) is 3.93. The number of aliphatic carboxylic acids is 1. The molecule has 1 saturated heterocycles. The average Bonchev–Trinajstić information content (AvgIpc) is 2.92. The summed E-state index contributed by atoms with van der Waals surface area (Å²) in [6, 6.07) is 6.18. The minimum absolute atomic E-state index is 0.00112. The van der Waals surface area contributed by atoms with Gasteiger partial charge in [-0.2, -0.15) is 0 Å². The molecular weight excluding hydrogens is 314 g/mol. The number of aromatic nitrogens is 1. The van der Waals surface area contributed by atoms with Crippen LogP contribution in [0.1, 0.15) is 5.56 Å². The number of carbonyl (C=O) groups is 1. The van der Waals surface area contributed by atoms with Crippen LogP contribution in [0.15, 0.2) is 18.2 Å². The maximum absolute atomic E-state index is 10.8. The van der Waals surface area contributed by atoms with Gasteiger partial charge in [0.25, 0.3) is 0 Å². The molecule has 0 amide bonds. The zero-order valence-corrected chi connectivity index (χ0v) is 14.2. The van der Waals surface area contributed by atoms with Gasteiger partial charge in [0, 0.05) is 19.6 Å². The zero-order valence-electron chi connectivity index (χ0n) is 13.4. The van der Waals surface area contributed by atoms with Crippen LogP contribution in [0.25, 0.3) is 10.2 Å². The van der Waals surface area contributed by atoms with Crippen molar-refractivity contribution < 1.29 is 14.6 Å². The monoisotopic (exact) mass is 335 g/mol. The number of fused-ring (bicyclic) bond motifs is 1. The minimum atomic E-state index is -0.818. The van der Waals surface area contributed by atoms with Crippen molar-refractivity contribution in [1.29, 1.82) is 0 Å². The van der Waals surface area contributed by atoms with E-state index in [0.717, 1.165) is 23.7 Å². The van der Waals surface area contributed by atoms with Crippen molar-refractivity contribution in [3.05, 3.63) is 23.8 Å². The molecule has 1 aromatic carbocycles. The van der Waals surface area contributed by atoms with Crippen molar-refractivity contribution in [3.63, 3.8) is 0 Å². The van der Waals surface area contributed by atoms with Gasteiger partial charge in [-0.1, -0.05) is 23.5 Å². The van der Waals surface area contributed by atoms with Gasteiger partial charge in [-0.05, 0) is 25.6 Å². The fraction of sp³-hybridized carbons (Fsp3) is 0.500. The second-order valence-electron chi connectivity index (χ2n) is 5.95. The molecule has 124 valence electrons. The number of likely N-dealkylation sites (N-methyl/N-ethyl adjacent to an activating group) is 1. The van der Waals surface area contributed by atoms with Crippen molar-refractivity contribution in [2.75, 3.05) is 44.7 Å². The van der Waals surface area contributed by atoms with Crippen molar-refractivity contribution >= 4 is 32.7 Å². The predicted octanol–water partition coefficient (Wildman–Crippen LogP) is 1.83. The fourth-order valence-corrected chi connectivity index (χ4v) is 3.93. The highest BCUT2D eigenvalue weighted by Crippen LogP contribution is 2.31. The molecule has 1 fully saturated rings. The van der Waals surface area contributed by atoms with E-state index in [1.807, 2.05) is 12.1 Å². The van der Waals surface area contributed by atoms with Crippen molar-refractivity contribution in [2.45, 2.75) is 13.0 Å². The number of hydrogen-bond donors (Lipinski definition) is 1. The highest BCUT2D eigenvalue weighted by Gasteiger charge is 2.24. The summed E-state index contributed by atoms with van der Waals surface area (Å²) < 4.78 is 7.01. The quantitative estimate of drug-likeness (QED) is 0.899. The molecule has 6 nitrogen and oxygen atoms in total. The lowest BCUT2D eigenvalue weighted by Gasteiger charge is -2.34. The van der Waals surface area contributed by atoms with Gasteiger partial charge in [-0.3, -0.25) is 9.69 Å². The molecule has 2 heterocycles. The van der Waals surface area contributed by atoms with Gasteiger partial charge in [0.15, 0.2) is 5.13 Å². The van der Waals surface area contributed by atoms with Gasteiger partial charge in [-0.15, -0.1) is 0 Å². The molecule has 2 aromatic rings. The molecule has 1 aliphatic rings. The summed E-state index contributed by atoms with van der Waals surface area (Å²) in [5.41, 5.74) is 2.29. The van der Waals surface area contributed by atoms with Crippen LogP contribution in [-0.4, -0.2) is 66.9 Å². The lowest BCUT2D eigenvalue weighted by molar-refractivity contribution is -0.138. The number of thiazole rings is 1. The molecule has 7 heteroatoms. The van der Waals surface area contributed by atoms with Crippen LogP contribution < -0.4 is 4.90 Å². The van der Waals surface area contributed by atoms with Crippen molar-refractivity contribution in [1.82, 2.24) is 9.88 Å². The van der Waals surface area contributed by atoms with Gasteiger partial charge in [-0.25, -0.2) is 4.98 Å². The minimum Gasteiger partial charge on any atom is -0.480 e. The lowest BCUT2D eigenvalue weighted by Crippen LogP contribution is -2.47. The second kappa shape index (κ2) is 6.82. The Balaban J connectivity index is 1.70. The fourth-order valence-electron chi connectivity index (χ4n) is 2.86. The summed E-state index contributed by atoms with van der Waals surface area (Å²) in [5.74, 6) is -0.818. The summed E-state index contributed by atoms with van der Waals surface area (Å²) in [6.45, 7) is 4.93. The van der Waals surface area contributed by atoms with E-state index in [0.29, 0.717) is 13.2 Å². The van der Waals surface area contributed by atoms with E-state index in [-0.39, 0.29) is 12.6 Å². The number of carboxylic acids is 1. The molecule has 0 bridgehead atoms. The first-order chi connectivity index (χ1) is 11.0. The van der Waals surface area contributed by atoms with Crippen LogP contribution >= 0.6 is 11.3 Å². The van der Waals surface area contributed by atoms with Crippen LogP contribution in [0, 0.1) is 6.92 Å². The highest BCUT2D eigenvalue weighted by molar-refractivity contribution is 7.22. The van der Waals surface area contributed by atoms with Gasteiger partial charge >= 0.3 is 5.97 Å². The molecule has 1 aromatic heterocycles. The Kier molecular flexibility index (Phi) is 4.79. The Morgan fingerprint density at radius 2 is 2.39 bits per heavy atom. The molecule has 0 radical (unpaired) electrons. The molecule has 0 spiro atoms. The van der Waals surface area contributed by atoms with Gasteiger partial charge in [0.1, 0.15) is 0 Å². The summed E-state index contributed by atoms with van der Waals surface area (Å²) in [4.78, 5) is 19.5. The van der Waals surface area contributed by atoms with Crippen LogP contribution in [0.5, 0.6) is 0 Å². The van der Waals surface area contributed by atoms with Crippen molar-refractivity contribution in [3.8, 4) is 0 Å². The summed E-state index contributed by atoms with van der Waals surface area (Å²) in [7, 11) is 1.80. The number of hydrogen-bond acceptors (Lipinski definition) is 6. The van der Waals surface area contributed by atoms with Crippen LogP contribution in [0.2, 0.25) is 0 Å². The number of carboxylic acid groups (broad SMARTS) is 1. The Hall–Kier alpha value is -1.70. The number of anilines is 1. The molecule has 1 unspecified atom stereocenters. The standard InChI is InChI=1S/C16H21N3O3S/c1-11-4-3-5-13-15(11)23-16(17-13)19-6-7-22-12(9-19)8-18(2)10-14(20)21/h3-5,12H,6-10H2,1-2H3,(H,20,21). The van der Waals surface area contributed by atoms with Crippen LogP contribution in [0.3, 0.4) is 0 Å². The summed E-state index contributed by atoms with van der Waals surface area (Å²) in [5, 5.41) is 9.87. The largest absolute Gasteiger partial charge is 0.480 e. The third kappa shape index (κ3) is 3.80. The number of aryl methyl sites for hydroxylation is 1. The van der Waals surface area contributed by atoms with Gasteiger partial charge in [0.05, 0.1) is 29.5 Å². The van der Waals surface area contributed by atoms with E-state index in [9.17, 15) is 4.79 Å². The average molecular weight is 335 g/mol. The predicted molar refractivity (Wildman–Crippen MR) is 91.4 cm³/mol. The Morgan fingerprint density at radius 3 is 3.13 bits per heavy atom. The topological polar surface area (TPSA) is 65.9 Å².